The van der Waals surface area contributed by atoms with Crippen LogP contribution in [0.3, 0.4) is 0 Å². The van der Waals surface area contributed by atoms with Gasteiger partial charge in [0.05, 0.1) is 39.0 Å². The van der Waals surface area contributed by atoms with Crippen molar-refractivity contribution in [2.24, 2.45) is 0 Å². The zero-order valence-corrected chi connectivity index (χ0v) is 24.6. The van der Waals surface area contributed by atoms with E-state index in [9.17, 15) is 25.9 Å². The zero-order chi connectivity index (χ0) is 23.6. The molecule has 34 heavy (non-hydrogen) atoms. The minimum Gasteiger partial charge on any atom is -0.748 e. The van der Waals surface area contributed by atoms with Gasteiger partial charge in [-0.3, -0.25) is 0 Å². The summed E-state index contributed by atoms with van der Waals surface area (Å²) in [5, 5.41) is 0. The molecule has 0 atom stereocenters. The molecule has 0 amide bonds. The Morgan fingerprint density at radius 1 is 0.765 bits per heavy atom. The summed E-state index contributed by atoms with van der Waals surface area (Å²) >= 11 is 0. The van der Waals surface area contributed by atoms with Crippen molar-refractivity contribution in [3.05, 3.63) is 59.2 Å². The first-order chi connectivity index (χ1) is 15.1. The monoisotopic (exact) mass is 522 g/mol. The number of rotatable bonds is 10. The Morgan fingerprint density at radius 3 is 1.82 bits per heavy atom. The van der Waals surface area contributed by atoms with E-state index in [1.165, 1.54) is 0 Å². The van der Waals surface area contributed by atoms with Crippen molar-refractivity contribution >= 4 is 20.2 Å². The van der Waals surface area contributed by atoms with E-state index in [0.29, 0.717) is 28.2 Å². The molecule has 0 radical (unpaired) electrons. The molecule has 0 aliphatic heterocycles. The van der Waals surface area contributed by atoms with Crippen molar-refractivity contribution in [3.8, 4) is 35.7 Å². The van der Waals surface area contributed by atoms with Gasteiger partial charge in [0.1, 0.15) is 11.5 Å². The molecule has 2 aromatic carbocycles. The van der Waals surface area contributed by atoms with Crippen LogP contribution in [-0.4, -0.2) is 50.7 Å². The molecule has 0 unspecified atom stereocenters. The Hall–Kier alpha value is -1.02. The summed E-state index contributed by atoms with van der Waals surface area (Å²) in [7, 11) is -8.64. The summed E-state index contributed by atoms with van der Waals surface area (Å²) in [5.41, 5.74) is 1.84. The Balaban J connectivity index is 0.00000544. The van der Waals surface area contributed by atoms with Crippen LogP contribution < -0.4 is 68.6 Å². The third-order valence-electron chi connectivity index (χ3n) is 3.95. The molecule has 170 valence electrons. The summed E-state index contributed by atoms with van der Waals surface area (Å²) in [6, 6.07) is 11.7. The molecular weight excluding hydrogens is 502 g/mol. The van der Waals surface area contributed by atoms with E-state index < -0.39 is 31.7 Å². The quantitative estimate of drug-likeness (QED) is 0.133. The van der Waals surface area contributed by atoms with Gasteiger partial charge in [0.15, 0.2) is 0 Å². The van der Waals surface area contributed by atoms with Gasteiger partial charge < -0.3 is 18.6 Å². The fraction of sp³-hybridized carbons (Fsp3) is 0.273. The normalized spacial score (nSPS) is 10.5. The summed E-state index contributed by atoms with van der Waals surface area (Å²) in [4.78, 5) is 0. The predicted molar refractivity (Wildman–Crippen MR) is 116 cm³/mol. The maximum Gasteiger partial charge on any atom is 1.00 e. The fourth-order valence-corrected chi connectivity index (χ4v) is 3.40. The van der Waals surface area contributed by atoms with Crippen LogP contribution in [-0.2, 0) is 20.2 Å². The van der Waals surface area contributed by atoms with Crippen LogP contribution in [0.1, 0.15) is 29.5 Å². The van der Waals surface area contributed by atoms with Crippen molar-refractivity contribution in [3.63, 3.8) is 0 Å². The van der Waals surface area contributed by atoms with E-state index in [0.717, 1.165) is 0 Å². The minimum absolute atomic E-state index is 0. The first kappa shape index (κ1) is 33.0. The number of terminal acetylenes is 1. The molecule has 0 aliphatic rings. The Bertz CT molecular complexity index is 1240. The molecule has 0 bridgehead atoms. The Morgan fingerprint density at radius 2 is 1.29 bits per heavy atom. The van der Waals surface area contributed by atoms with E-state index in [1.807, 2.05) is 0 Å². The van der Waals surface area contributed by atoms with Gasteiger partial charge in [-0.25, -0.2) is 16.8 Å². The molecule has 0 saturated carbocycles. The van der Waals surface area contributed by atoms with Crippen molar-refractivity contribution in [1.82, 2.24) is 0 Å². The summed E-state index contributed by atoms with van der Waals surface area (Å²) in [6.07, 6.45) is 5.40. The van der Waals surface area contributed by atoms with E-state index in [2.05, 4.69) is 17.8 Å². The van der Waals surface area contributed by atoms with Crippen LogP contribution >= 0.6 is 0 Å². The molecule has 2 rings (SSSR count). The Labute approximate surface area is 244 Å². The van der Waals surface area contributed by atoms with Crippen LogP contribution in [0.4, 0.5) is 0 Å². The number of benzene rings is 2. The van der Waals surface area contributed by atoms with Gasteiger partial charge >= 0.3 is 59.1 Å². The zero-order valence-electron chi connectivity index (χ0n) is 18.9. The van der Waals surface area contributed by atoms with Crippen molar-refractivity contribution in [2.75, 3.05) is 24.7 Å². The fourth-order valence-electron chi connectivity index (χ4n) is 2.46. The minimum atomic E-state index is -4.33. The first-order valence-corrected chi connectivity index (χ1v) is 12.6. The molecular formula is C22H20Na2O8S2. The van der Waals surface area contributed by atoms with Crippen LogP contribution in [0.2, 0.25) is 0 Å². The first-order valence-electron chi connectivity index (χ1n) is 9.41. The van der Waals surface area contributed by atoms with Crippen molar-refractivity contribution in [1.29, 1.82) is 0 Å². The van der Waals surface area contributed by atoms with E-state index in [-0.39, 0.29) is 85.2 Å². The molecule has 0 fully saturated rings. The van der Waals surface area contributed by atoms with Gasteiger partial charge in [-0.1, -0.05) is 17.8 Å². The van der Waals surface area contributed by atoms with Gasteiger partial charge in [0.2, 0.25) is 0 Å². The molecule has 8 nitrogen and oxygen atoms in total. The second-order valence-electron chi connectivity index (χ2n) is 6.56. The van der Waals surface area contributed by atoms with Crippen LogP contribution in [0.25, 0.3) is 0 Å². The van der Waals surface area contributed by atoms with Gasteiger partial charge in [-0.15, -0.1) is 6.42 Å². The van der Waals surface area contributed by atoms with Gasteiger partial charge in [-0.2, -0.15) is 0 Å². The molecule has 0 N–H and O–H groups in total. The second kappa shape index (κ2) is 15.9. The van der Waals surface area contributed by atoms with Crippen LogP contribution in [0.5, 0.6) is 11.5 Å². The molecule has 0 aromatic heterocycles. The van der Waals surface area contributed by atoms with E-state index in [4.69, 9.17) is 15.9 Å². The average molecular weight is 523 g/mol. The molecule has 0 saturated heterocycles. The average Bonchev–Trinajstić information content (AvgIpc) is 2.72. The number of hydrogen-bond acceptors (Lipinski definition) is 8. The van der Waals surface area contributed by atoms with Crippen LogP contribution in [0.15, 0.2) is 42.5 Å². The van der Waals surface area contributed by atoms with E-state index in [1.54, 1.807) is 42.5 Å². The summed E-state index contributed by atoms with van der Waals surface area (Å²) < 4.78 is 75.3. The third kappa shape index (κ3) is 13.8. The third-order valence-corrected chi connectivity index (χ3v) is 5.53. The Kier molecular flexibility index (Phi) is 15.4. The molecule has 0 spiro atoms. The van der Waals surface area contributed by atoms with Gasteiger partial charge in [0, 0.05) is 22.6 Å². The van der Waals surface area contributed by atoms with E-state index >= 15 is 0 Å². The SMILES string of the molecule is C#Cc1ccc(C#Cc2cc(OCCCS(=O)(=O)[O-])ccc2OCCCS(=O)(=O)[O-])cc1.[Na+].[Na+]. The van der Waals surface area contributed by atoms with Crippen LogP contribution in [0, 0.1) is 24.2 Å². The predicted octanol–water partition coefficient (Wildman–Crippen LogP) is -4.30. The van der Waals surface area contributed by atoms with Crippen molar-refractivity contribution < 1.29 is 94.5 Å². The summed E-state index contributed by atoms with van der Waals surface area (Å²) in [6.45, 7) is 0.0119. The second-order valence-corrected chi connectivity index (χ2v) is 9.60. The van der Waals surface area contributed by atoms with Gasteiger partial charge in [0.25, 0.3) is 0 Å². The van der Waals surface area contributed by atoms with Gasteiger partial charge in [-0.05, 0) is 55.3 Å². The number of hydrogen-bond donors (Lipinski definition) is 0. The summed E-state index contributed by atoms with van der Waals surface area (Å²) in [5.74, 6) is 8.09. The number of ether oxygens (including phenoxy) is 2. The maximum absolute atomic E-state index is 10.7. The molecule has 0 aliphatic carbocycles. The topological polar surface area (TPSA) is 133 Å². The largest absolute Gasteiger partial charge is 1.00 e. The molecule has 12 heteroatoms. The van der Waals surface area contributed by atoms with Crippen molar-refractivity contribution in [2.45, 2.75) is 12.8 Å². The smallest absolute Gasteiger partial charge is 0.748 e. The molecule has 0 heterocycles. The maximum atomic E-state index is 10.7. The molecule has 2 aromatic rings. The standard InChI is InChI=1S/C22H22O8S2.2Na/c1-2-18-5-7-19(8-6-18)9-10-20-17-21(29-13-3-15-31(23,24)25)11-12-22(20)30-14-4-16-32(26,27)28;;/h1,5-8,11-12,17H,3-4,13-16H2,(H,23,24,25)(H,26,27,28);;/q;2*+1/p-2.